The second-order valence-electron chi connectivity index (χ2n) is 4.96. The largest absolute Gasteiger partial charge is 0.482 e. The molecule has 4 nitrogen and oxygen atoms in total. The third-order valence-corrected chi connectivity index (χ3v) is 3.86. The Hall–Kier alpha value is -0.970. The summed E-state index contributed by atoms with van der Waals surface area (Å²) in [7, 11) is 0. The lowest BCUT2D eigenvalue weighted by molar-refractivity contribution is -0.124. The molecule has 1 amide bonds. The minimum atomic E-state index is -0.235. The summed E-state index contributed by atoms with van der Waals surface area (Å²) in [5.74, 6) is 0.375. The zero-order chi connectivity index (χ0) is 13.7. The van der Waals surface area contributed by atoms with Gasteiger partial charge in [0.1, 0.15) is 5.75 Å². The summed E-state index contributed by atoms with van der Waals surface area (Å²) in [6.45, 7) is 0.441. The Balaban J connectivity index is 0.00000200. The molecule has 0 heterocycles. The Kier molecular flexibility index (Phi) is 6.59. The summed E-state index contributed by atoms with van der Waals surface area (Å²) >= 11 is 5.96. The number of ether oxygens (including phenoxy) is 1. The molecule has 1 aliphatic rings. The second-order valence-corrected chi connectivity index (χ2v) is 5.37. The molecule has 0 bridgehead atoms. The Morgan fingerprint density at radius 3 is 2.60 bits per heavy atom. The van der Waals surface area contributed by atoms with Crippen molar-refractivity contribution < 1.29 is 9.53 Å². The topological polar surface area (TPSA) is 64.3 Å². The Bertz CT molecular complexity index is 449. The summed E-state index contributed by atoms with van der Waals surface area (Å²) in [4.78, 5) is 11.9. The lowest BCUT2D eigenvalue weighted by atomic mass is 9.98. The highest BCUT2D eigenvalue weighted by Gasteiger charge is 2.33. The van der Waals surface area contributed by atoms with Crippen LogP contribution >= 0.6 is 24.0 Å². The first kappa shape index (κ1) is 17.1. The number of hydrogen-bond acceptors (Lipinski definition) is 3. The van der Waals surface area contributed by atoms with Gasteiger partial charge in [0.05, 0.1) is 10.6 Å². The van der Waals surface area contributed by atoms with Gasteiger partial charge in [-0.05, 0) is 25.0 Å². The van der Waals surface area contributed by atoms with Crippen molar-refractivity contribution in [2.45, 2.75) is 31.2 Å². The first-order valence-corrected chi connectivity index (χ1v) is 6.91. The van der Waals surface area contributed by atoms with Crippen LogP contribution in [0.25, 0.3) is 0 Å². The van der Waals surface area contributed by atoms with Crippen molar-refractivity contribution >= 4 is 29.9 Å². The molecule has 1 aromatic carbocycles. The number of halogens is 2. The molecule has 0 atom stereocenters. The first-order chi connectivity index (χ1) is 9.15. The Labute approximate surface area is 130 Å². The first-order valence-electron chi connectivity index (χ1n) is 6.54. The van der Waals surface area contributed by atoms with E-state index in [4.69, 9.17) is 22.1 Å². The average Bonchev–Trinajstić information content (AvgIpc) is 2.87. The van der Waals surface area contributed by atoms with Gasteiger partial charge in [0.15, 0.2) is 6.61 Å². The van der Waals surface area contributed by atoms with Crippen molar-refractivity contribution in [1.82, 2.24) is 5.32 Å². The average molecular weight is 319 g/mol. The molecule has 0 saturated heterocycles. The molecule has 0 unspecified atom stereocenters. The van der Waals surface area contributed by atoms with Crippen LogP contribution < -0.4 is 15.8 Å². The van der Waals surface area contributed by atoms with Crippen molar-refractivity contribution in [3.63, 3.8) is 0 Å². The maximum atomic E-state index is 11.9. The SMILES string of the molecule is Cl.NCC1(NC(=O)COc2ccccc2Cl)CCCC1. The van der Waals surface area contributed by atoms with E-state index in [0.29, 0.717) is 17.3 Å². The van der Waals surface area contributed by atoms with E-state index in [2.05, 4.69) is 5.32 Å². The molecule has 2 rings (SSSR count). The van der Waals surface area contributed by atoms with Crippen LogP contribution in [-0.2, 0) is 4.79 Å². The highest BCUT2D eigenvalue weighted by Crippen LogP contribution is 2.28. The zero-order valence-electron chi connectivity index (χ0n) is 11.2. The van der Waals surface area contributed by atoms with Gasteiger partial charge < -0.3 is 15.8 Å². The third-order valence-electron chi connectivity index (χ3n) is 3.55. The van der Waals surface area contributed by atoms with Gasteiger partial charge in [-0.25, -0.2) is 0 Å². The molecule has 1 saturated carbocycles. The van der Waals surface area contributed by atoms with Crippen LogP contribution in [0.4, 0.5) is 0 Å². The van der Waals surface area contributed by atoms with Gasteiger partial charge in [0.2, 0.25) is 0 Å². The fourth-order valence-corrected chi connectivity index (χ4v) is 2.66. The van der Waals surface area contributed by atoms with Crippen LogP contribution in [-0.4, -0.2) is 24.6 Å². The number of rotatable bonds is 5. The van der Waals surface area contributed by atoms with Gasteiger partial charge in [-0.2, -0.15) is 0 Å². The molecule has 112 valence electrons. The van der Waals surface area contributed by atoms with Crippen LogP contribution in [0.2, 0.25) is 5.02 Å². The van der Waals surface area contributed by atoms with E-state index < -0.39 is 0 Å². The molecular formula is C14H20Cl2N2O2. The van der Waals surface area contributed by atoms with Gasteiger partial charge in [0, 0.05) is 6.54 Å². The van der Waals surface area contributed by atoms with E-state index in [9.17, 15) is 4.79 Å². The van der Waals surface area contributed by atoms with Gasteiger partial charge in [-0.3, -0.25) is 4.79 Å². The van der Waals surface area contributed by atoms with E-state index in [-0.39, 0.29) is 30.5 Å². The zero-order valence-corrected chi connectivity index (χ0v) is 12.8. The number of amides is 1. The van der Waals surface area contributed by atoms with Crippen LogP contribution in [0, 0.1) is 0 Å². The van der Waals surface area contributed by atoms with E-state index in [1.807, 2.05) is 12.1 Å². The summed E-state index contributed by atoms with van der Waals surface area (Å²) < 4.78 is 5.41. The molecule has 20 heavy (non-hydrogen) atoms. The minimum Gasteiger partial charge on any atom is -0.482 e. The van der Waals surface area contributed by atoms with Crippen LogP contribution in [0.1, 0.15) is 25.7 Å². The number of nitrogens with one attached hydrogen (secondary N) is 1. The molecule has 1 fully saturated rings. The smallest absolute Gasteiger partial charge is 0.258 e. The molecule has 6 heteroatoms. The van der Waals surface area contributed by atoms with E-state index in [0.717, 1.165) is 25.7 Å². The predicted octanol–water partition coefficient (Wildman–Crippen LogP) is 2.53. The van der Waals surface area contributed by atoms with Crippen molar-refractivity contribution in [2.75, 3.05) is 13.2 Å². The second kappa shape index (κ2) is 7.72. The Morgan fingerprint density at radius 1 is 1.35 bits per heavy atom. The highest BCUT2D eigenvalue weighted by molar-refractivity contribution is 6.32. The van der Waals surface area contributed by atoms with Crippen molar-refractivity contribution in [3.05, 3.63) is 29.3 Å². The van der Waals surface area contributed by atoms with Crippen molar-refractivity contribution in [1.29, 1.82) is 0 Å². The summed E-state index contributed by atoms with van der Waals surface area (Å²) in [6.07, 6.45) is 4.12. The molecule has 1 aromatic rings. The van der Waals surface area contributed by atoms with Crippen molar-refractivity contribution in [3.8, 4) is 5.75 Å². The van der Waals surface area contributed by atoms with E-state index in [1.165, 1.54) is 0 Å². The summed E-state index contributed by atoms with van der Waals surface area (Å²) in [6, 6.07) is 7.10. The van der Waals surface area contributed by atoms with Gasteiger partial charge in [-0.1, -0.05) is 36.6 Å². The normalized spacial score (nSPS) is 16.3. The quantitative estimate of drug-likeness (QED) is 0.876. The van der Waals surface area contributed by atoms with Gasteiger partial charge >= 0.3 is 0 Å². The fraction of sp³-hybridized carbons (Fsp3) is 0.500. The maximum Gasteiger partial charge on any atom is 0.258 e. The molecule has 3 N–H and O–H groups in total. The number of carbonyl (C=O) groups is 1. The van der Waals surface area contributed by atoms with Crippen LogP contribution in [0.15, 0.2) is 24.3 Å². The molecule has 1 aliphatic carbocycles. The molecule has 0 aliphatic heterocycles. The number of benzene rings is 1. The number of hydrogen-bond donors (Lipinski definition) is 2. The lowest BCUT2D eigenvalue weighted by Gasteiger charge is -2.28. The lowest BCUT2D eigenvalue weighted by Crippen LogP contribution is -2.52. The molecule has 0 aromatic heterocycles. The molecule has 0 spiro atoms. The van der Waals surface area contributed by atoms with Gasteiger partial charge in [0.25, 0.3) is 5.91 Å². The summed E-state index contributed by atoms with van der Waals surface area (Å²) in [5, 5.41) is 3.50. The minimum absolute atomic E-state index is 0. The predicted molar refractivity (Wildman–Crippen MR) is 82.6 cm³/mol. The van der Waals surface area contributed by atoms with Crippen LogP contribution in [0.5, 0.6) is 5.75 Å². The van der Waals surface area contributed by atoms with E-state index >= 15 is 0 Å². The fourth-order valence-electron chi connectivity index (χ4n) is 2.47. The molecule has 0 radical (unpaired) electrons. The highest BCUT2D eigenvalue weighted by atomic mass is 35.5. The number of nitrogens with two attached hydrogens (primary N) is 1. The van der Waals surface area contributed by atoms with E-state index in [1.54, 1.807) is 12.1 Å². The summed E-state index contributed by atoms with van der Waals surface area (Å²) in [5.41, 5.74) is 5.54. The monoisotopic (exact) mass is 318 g/mol. The maximum absolute atomic E-state index is 11.9. The number of para-hydroxylation sites is 1. The standard InChI is InChI=1S/C14H19ClN2O2.ClH/c15-11-5-1-2-6-12(11)19-9-13(18)17-14(10-16)7-3-4-8-14;/h1-2,5-6H,3-4,7-10,16H2,(H,17,18);1H. The third kappa shape index (κ3) is 4.27. The van der Waals surface area contributed by atoms with Crippen molar-refractivity contribution in [2.24, 2.45) is 5.73 Å². The molecular weight excluding hydrogens is 299 g/mol. The van der Waals surface area contributed by atoms with Gasteiger partial charge in [-0.15, -0.1) is 12.4 Å². The van der Waals surface area contributed by atoms with Crippen LogP contribution in [0.3, 0.4) is 0 Å². The Morgan fingerprint density at radius 2 is 2.00 bits per heavy atom. The number of carbonyl (C=O) groups excluding carboxylic acids is 1.